The maximum atomic E-state index is 13.7. The average Bonchev–Trinajstić information content (AvgIpc) is 3.30. The fourth-order valence-corrected chi connectivity index (χ4v) is 7.00. The van der Waals surface area contributed by atoms with Gasteiger partial charge in [0, 0.05) is 17.4 Å². The highest BCUT2D eigenvalue weighted by Gasteiger charge is 2.39. The Balaban J connectivity index is 1.49. The Kier molecular flexibility index (Phi) is 7.22. The number of amides is 1. The van der Waals surface area contributed by atoms with Crippen LogP contribution >= 0.6 is 23.4 Å². The lowest BCUT2D eigenvalue weighted by Crippen LogP contribution is -2.41. The van der Waals surface area contributed by atoms with Crippen LogP contribution in [0.2, 0.25) is 5.02 Å². The summed E-state index contributed by atoms with van der Waals surface area (Å²) in [6.07, 6.45) is 14.0. The van der Waals surface area contributed by atoms with Crippen LogP contribution in [0.1, 0.15) is 81.2 Å². The average molecular weight is 496 g/mol. The number of halogens is 1. The lowest BCUT2D eigenvalue weighted by molar-refractivity contribution is -0.124. The molecule has 0 spiro atoms. The molecular weight excluding hydrogens is 462 g/mol. The molecule has 6 heteroatoms. The zero-order chi connectivity index (χ0) is 23.7. The van der Waals surface area contributed by atoms with Crippen LogP contribution in [-0.4, -0.2) is 32.6 Å². The van der Waals surface area contributed by atoms with E-state index in [9.17, 15) is 4.79 Å². The van der Waals surface area contributed by atoms with Crippen molar-refractivity contribution in [2.75, 3.05) is 0 Å². The molecule has 1 saturated heterocycles. The van der Waals surface area contributed by atoms with Crippen LogP contribution in [0.4, 0.5) is 0 Å². The molecule has 1 aliphatic heterocycles. The molecule has 0 bridgehead atoms. The van der Waals surface area contributed by atoms with Crippen molar-refractivity contribution < 1.29 is 4.79 Å². The molecule has 4 nitrogen and oxygen atoms in total. The number of nitrogens with zero attached hydrogens (tertiary/aromatic N) is 3. The van der Waals surface area contributed by atoms with E-state index in [2.05, 4.69) is 35.5 Å². The van der Waals surface area contributed by atoms with Crippen LogP contribution in [0.25, 0.3) is 11.8 Å². The monoisotopic (exact) mass is 495 g/mol. The van der Waals surface area contributed by atoms with Gasteiger partial charge in [0.15, 0.2) is 5.17 Å². The van der Waals surface area contributed by atoms with Crippen molar-refractivity contribution >= 4 is 40.5 Å². The van der Waals surface area contributed by atoms with E-state index in [-0.39, 0.29) is 11.9 Å². The Bertz CT molecular complexity index is 1120. The molecule has 3 fully saturated rings. The number of hydrogen-bond donors (Lipinski definition) is 0. The van der Waals surface area contributed by atoms with Gasteiger partial charge < -0.3 is 4.57 Å². The highest BCUT2D eigenvalue weighted by Crippen LogP contribution is 2.39. The molecule has 0 unspecified atom stereocenters. The largest absolute Gasteiger partial charge is 0.316 e. The molecule has 2 heterocycles. The molecular formula is C28H34ClN3OS. The number of benzene rings is 1. The maximum absolute atomic E-state index is 13.7. The number of hydrogen-bond acceptors (Lipinski definition) is 3. The summed E-state index contributed by atoms with van der Waals surface area (Å²) in [5, 5.41) is 1.66. The quantitative estimate of drug-likeness (QED) is 0.408. The lowest BCUT2D eigenvalue weighted by atomic mass is 9.94. The molecule has 1 aromatic carbocycles. The van der Waals surface area contributed by atoms with E-state index >= 15 is 0 Å². The van der Waals surface area contributed by atoms with Crippen molar-refractivity contribution in [2.24, 2.45) is 4.99 Å². The summed E-state index contributed by atoms with van der Waals surface area (Å²) in [5.74, 6) is 0.133. The van der Waals surface area contributed by atoms with Crippen LogP contribution in [0, 0.1) is 13.8 Å². The van der Waals surface area contributed by atoms with Gasteiger partial charge >= 0.3 is 0 Å². The van der Waals surface area contributed by atoms with Gasteiger partial charge in [-0.1, -0.05) is 62.3 Å². The molecule has 2 saturated carbocycles. The zero-order valence-corrected chi connectivity index (χ0v) is 21.8. The van der Waals surface area contributed by atoms with Crippen molar-refractivity contribution in [3.63, 3.8) is 0 Å². The first-order valence-electron chi connectivity index (χ1n) is 12.8. The predicted octanol–water partition coefficient (Wildman–Crippen LogP) is 7.69. The predicted molar refractivity (Wildman–Crippen MR) is 144 cm³/mol. The summed E-state index contributed by atoms with van der Waals surface area (Å²) >= 11 is 8.09. The van der Waals surface area contributed by atoms with Crippen molar-refractivity contribution in [1.82, 2.24) is 9.47 Å². The third-order valence-electron chi connectivity index (χ3n) is 7.49. The summed E-state index contributed by atoms with van der Waals surface area (Å²) in [5.41, 5.74) is 4.23. The number of aryl methyl sites for hydroxylation is 1. The van der Waals surface area contributed by atoms with Gasteiger partial charge in [0.2, 0.25) is 0 Å². The summed E-state index contributed by atoms with van der Waals surface area (Å²) in [4.78, 5) is 21.7. The van der Waals surface area contributed by atoms with Crippen molar-refractivity contribution in [1.29, 1.82) is 0 Å². The number of carbonyl (C=O) groups is 1. The molecule has 2 aliphatic carbocycles. The number of carbonyl (C=O) groups excluding carboxylic acids is 1. The second-order valence-corrected chi connectivity index (χ2v) is 11.3. The minimum atomic E-state index is 0.133. The van der Waals surface area contributed by atoms with E-state index in [1.54, 1.807) is 11.8 Å². The number of aromatic nitrogens is 1. The summed E-state index contributed by atoms with van der Waals surface area (Å²) in [7, 11) is 0. The fraction of sp³-hybridized carbons (Fsp3) is 0.500. The summed E-state index contributed by atoms with van der Waals surface area (Å²) in [6, 6.07) is 10.7. The Hall–Kier alpha value is -1.98. The van der Waals surface area contributed by atoms with Gasteiger partial charge in [-0.05, 0) is 81.1 Å². The molecule has 180 valence electrons. The number of aliphatic imine (C=N–C) groups is 1. The number of para-hydroxylation sites is 1. The normalized spacial score (nSPS) is 22.9. The van der Waals surface area contributed by atoms with Crippen molar-refractivity contribution in [3.05, 3.63) is 57.2 Å². The lowest BCUT2D eigenvalue weighted by Gasteiger charge is -2.31. The fourth-order valence-electron chi connectivity index (χ4n) is 5.68. The number of amidine groups is 1. The maximum Gasteiger partial charge on any atom is 0.267 e. The summed E-state index contributed by atoms with van der Waals surface area (Å²) < 4.78 is 2.18. The Labute approximate surface area is 212 Å². The second-order valence-electron chi connectivity index (χ2n) is 9.89. The van der Waals surface area contributed by atoms with Gasteiger partial charge in [0.25, 0.3) is 5.91 Å². The standard InChI is InChI=1S/C28H34ClN3OS/c1-19-17-21(20(2)31(19)25-16-10-9-15-24(25)29)18-26-27(33)32(23-13-7-4-8-14-23)28(34-26)30-22-11-5-3-6-12-22/h9-10,15-18,22-23H,3-8,11-14H2,1-2H3. The molecule has 1 amide bonds. The van der Waals surface area contributed by atoms with E-state index in [1.807, 2.05) is 24.3 Å². The minimum Gasteiger partial charge on any atom is -0.316 e. The van der Waals surface area contributed by atoms with E-state index in [0.29, 0.717) is 6.04 Å². The van der Waals surface area contributed by atoms with Gasteiger partial charge in [-0.3, -0.25) is 14.7 Å². The van der Waals surface area contributed by atoms with Crippen LogP contribution in [-0.2, 0) is 4.79 Å². The van der Waals surface area contributed by atoms with E-state index in [4.69, 9.17) is 16.6 Å². The highest BCUT2D eigenvalue weighted by molar-refractivity contribution is 8.18. The number of thioether (sulfide) groups is 1. The molecule has 1 aromatic heterocycles. The highest BCUT2D eigenvalue weighted by atomic mass is 35.5. The van der Waals surface area contributed by atoms with Crippen LogP contribution in [0.3, 0.4) is 0 Å². The van der Waals surface area contributed by atoms with Crippen molar-refractivity contribution in [2.45, 2.75) is 90.1 Å². The van der Waals surface area contributed by atoms with E-state index in [1.165, 1.54) is 38.5 Å². The second kappa shape index (κ2) is 10.3. The Morgan fingerprint density at radius 3 is 2.38 bits per heavy atom. The first kappa shape index (κ1) is 23.7. The van der Waals surface area contributed by atoms with Gasteiger partial charge in [0.1, 0.15) is 0 Å². The third kappa shape index (κ3) is 4.74. The first-order chi connectivity index (χ1) is 16.5. The summed E-state index contributed by atoms with van der Waals surface area (Å²) in [6.45, 7) is 4.19. The molecule has 0 radical (unpaired) electrons. The SMILES string of the molecule is Cc1cc(C=C2SC(=NC3CCCCC3)N(C3CCCCC3)C2=O)c(C)n1-c1ccccc1Cl. The van der Waals surface area contributed by atoms with Crippen LogP contribution in [0.5, 0.6) is 0 Å². The van der Waals surface area contributed by atoms with Crippen LogP contribution < -0.4 is 0 Å². The molecule has 34 heavy (non-hydrogen) atoms. The number of rotatable bonds is 4. The van der Waals surface area contributed by atoms with Crippen LogP contribution in [0.15, 0.2) is 40.2 Å². The molecule has 0 atom stereocenters. The zero-order valence-electron chi connectivity index (χ0n) is 20.2. The third-order valence-corrected chi connectivity index (χ3v) is 8.81. The smallest absolute Gasteiger partial charge is 0.267 e. The van der Waals surface area contributed by atoms with Gasteiger partial charge in [-0.2, -0.15) is 0 Å². The van der Waals surface area contributed by atoms with Gasteiger partial charge in [-0.25, -0.2) is 0 Å². The Morgan fingerprint density at radius 2 is 1.68 bits per heavy atom. The Morgan fingerprint density at radius 1 is 1.00 bits per heavy atom. The van der Waals surface area contributed by atoms with E-state index < -0.39 is 0 Å². The molecule has 3 aliphatic rings. The van der Waals surface area contributed by atoms with Crippen molar-refractivity contribution in [3.8, 4) is 5.69 Å². The topological polar surface area (TPSA) is 37.6 Å². The molecule has 2 aromatic rings. The molecule has 5 rings (SSSR count). The minimum absolute atomic E-state index is 0.133. The van der Waals surface area contributed by atoms with Gasteiger partial charge in [-0.15, -0.1) is 0 Å². The van der Waals surface area contributed by atoms with E-state index in [0.717, 1.165) is 63.4 Å². The van der Waals surface area contributed by atoms with Gasteiger partial charge in [0.05, 0.1) is 21.7 Å². The first-order valence-corrected chi connectivity index (χ1v) is 14.0. The molecule has 0 N–H and O–H groups in total.